The fourth-order valence-electron chi connectivity index (χ4n) is 7.60. The molecule has 1 saturated carbocycles. The number of aliphatic hydroxyl groups is 1. The first-order valence-electron chi connectivity index (χ1n) is 16.1. The van der Waals surface area contributed by atoms with Crippen molar-refractivity contribution in [2.45, 2.75) is 63.0 Å². The number of halogens is 1. The summed E-state index contributed by atoms with van der Waals surface area (Å²) in [6, 6.07) is 11.0. The highest BCUT2D eigenvalue weighted by molar-refractivity contribution is 7.87. The van der Waals surface area contributed by atoms with Crippen molar-refractivity contribution in [2.75, 3.05) is 51.8 Å². The fraction of sp³-hybridized carbons (Fsp3) is 0.559. The van der Waals surface area contributed by atoms with Crippen molar-refractivity contribution in [1.29, 1.82) is 0 Å². The minimum absolute atomic E-state index is 0.102. The molecule has 1 amide bonds. The van der Waals surface area contributed by atoms with Crippen LogP contribution in [-0.4, -0.2) is 87.7 Å². The number of fused-ring (bicyclic) bond motifs is 4. The van der Waals surface area contributed by atoms with E-state index in [-0.39, 0.29) is 29.4 Å². The second-order valence-electron chi connectivity index (χ2n) is 13.6. The first-order chi connectivity index (χ1) is 21.5. The molecule has 244 valence electrons. The highest BCUT2D eigenvalue weighted by atomic mass is 35.5. The van der Waals surface area contributed by atoms with Crippen LogP contribution in [0.2, 0.25) is 5.02 Å². The van der Waals surface area contributed by atoms with Crippen molar-refractivity contribution in [3.63, 3.8) is 0 Å². The Labute approximate surface area is 272 Å². The Hall–Kier alpha value is -2.63. The zero-order chi connectivity index (χ0) is 31.9. The molecule has 45 heavy (non-hydrogen) atoms. The third kappa shape index (κ3) is 6.63. The van der Waals surface area contributed by atoms with Crippen LogP contribution < -0.4 is 14.4 Å². The van der Waals surface area contributed by atoms with Gasteiger partial charge in [-0.25, -0.2) is 4.72 Å². The summed E-state index contributed by atoms with van der Waals surface area (Å²) in [6.45, 7) is 4.42. The number of carbonyl (C=O) groups excluding carboxylic acids is 1. The van der Waals surface area contributed by atoms with Gasteiger partial charge in [-0.2, -0.15) is 12.7 Å². The van der Waals surface area contributed by atoms with Crippen LogP contribution >= 0.6 is 11.6 Å². The lowest BCUT2D eigenvalue weighted by atomic mass is 9.68. The van der Waals surface area contributed by atoms with Crippen LogP contribution in [-0.2, 0) is 22.0 Å². The highest BCUT2D eigenvalue weighted by Gasteiger charge is 2.44. The second kappa shape index (κ2) is 12.9. The molecule has 0 aromatic heterocycles. The molecule has 2 aromatic rings. The molecule has 6 rings (SSSR count). The molecule has 1 spiro atoms. The molecule has 5 atom stereocenters. The number of aliphatic hydroxyl groups excluding tert-OH is 1. The summed E-state index contributed by atoms with van der Waals surface area (Å²) in [7, 11) is -0.399. The summed E-state index contributed by atoms with van der Waals surface area (Å²) in [5, 5.41) is 12.0. The molecule has 11 heteroatoms. The lowest BCUT2D eigenvalue weighted by Crippen LogP contribution is -2.50. The largest absolute Gasteiger partial charge is 0.490 e. The van der Waals surface area contributed by atoms with E-state index in [9.17, 15) is 18.3 Å². The van der Waals surface area contributed by atoms with E-state index >= 15 is 0 Å². The molecule has 2 heterocycles. The zero-order valence-electron chi connectivity index (χ0n) is 26.4. The minimum Gasteiger partial charge on any atom is -0.490 e. The van der Waals surface area contributed by atoms with Crippen LogP contribution in [0, 0.1) is 11.8 Å². The number of amides is 1. The van der Waals surface area contributed by atoms with Gasteiger partial charge < -0.3 is 19.6 Å². The topological polar surface area (TPSA) is 102 Å². The Balaban J connectivity index is 1.40. The first kappa shape index (κ1) is 32.3. The molecule has 4 aliphatic rings. The molecule has 2 N–H and O–H groups in total. The summed E-state index contributed by atoms with van der Waals surface area (Å²) in [5.41, 5.74) is 3.26. The van der Waals surface area contributed by atoms with Crippen LogP contribution in [0.15, 0.2) is 48.6 Å². The molecular weight excluding hydrogens is 612 g/mol. The van der Waals surface area contributed by atoms with Gasteiger partial charge >= 0.3 is 10.2 Å². The van der Waals surface area contributed by atoms with E-state index in [0.29, 0.717) is 38.4 Å². The first-order valence-corrected chi connectivity index (χ1v) is 17.9. The number of benzene rings is 2. The number of carbonyl (C=O) groups is 1. The number of aryl methyl sites for hydroxylation is 1. The quantitative estimate of drug-likeness (QED) is 0.473. The summed E-state index contributed by atoms with van der Waals surface area (Å²) in [4.78, 5) is 17.8. The van der Waals surface area contributed by atoms with Crippen molar-refractivity contribution in [2.24, 2.45) is 11.8 Å². The van der Waals surface area contributed by atoms with Gasteiger partial charge in [0.1, 0.15) is 5.75 Å². The molecule has 2 aromatic carbocycles. The number of ether oxygens (including phenoxy) is 1. The van der Waals surface area contributed by atoms with E-state index in [1.54, 1.807) is 18.2 Å². The van der Waals surface area contributed by atoms with Crippen LogP contribution in [0.1, 0.15) is 60.5 Å². The van der Waals surface area contributed by atoms with Gasteiger partial charge in [-0.3, -0.25) is 4.79 Å². The van der Waals surface area contributed by atoms with E-state index in [4.69, 9.17) is 16.3 Å². The van der Waals surface area contributed by atoms with E-state index in [0.717, 1.165) is 42.8 Å². The van der Waals surface area contributed by atoms with Gasteiger partial charge in [0, 0.05) is 48.2 Å². The summed E-state index contributed by atoms with van der Waals surface area (Å²) in [5.74, 6) is 0.369. The third-order valence-corrected chi connectivity index (χ3v) is 12.1. The Morgan fingerprint density at radius 1 is 1.18 bits per heavy atom. The molecule has 9 nitrogen and oxygen atoms in total. The third-order valence-electron chi connectivity index (χ3n) is 10.3. The van der Waals surface area contributed by atoms with Crippen LogP contribution in [0.5, 0.6) is 5.75 Å². The van der Waals surface area contributed by atoms with Gasteiger partial charge in [-0.15, -0.1) is 0 Å². The Kier molecular flexibility index (Phi) is 9.24. The Morgan fingerprint density at radius 2 is 2.00 bits per heavy atom. The Morgan fingerprint density at radius 3 is 2.76 bits per heavy atom. The highest BCUT2D eigenvalue weighted by Crippen LogP contribution is 2.46. The maximum absolute atomic E-state index is 13.6. The van der Waals surface area contributed by atoms with Gasteiger partial charge in [0.25, 0.3) is 5.91 Å². The lowest BCUT2D eigenvalue weighted by Gasteiger charge is -2.45. The number of rotatable bonds is 3. The molecule has 2 aliphatic carbocycles. The maximum atomic E-state index is 13.6. The normalized spacial score (nSPS) is 30.8. The number of hydrogen-bond acceptors (Lipinski definition) is 7. The summed E-state index contributed by atoms with van der Waals surface area (Å²) >= 11 is 6.40. The molecule has 1 fully saturated rings. The molecule has 0 unspecified atom stereocenters. The van der Waals surface area contributed by atoms with Crippen molar-refractivity contribution in [3.05, 3.63) is 70.3 Å². The molecule has 2 aliphatic heterocycles. The average molecular weight is 657 g/mol. The molecule has 0 radical (unpaired) electrons. The molecule has 2 bridgehead atoms. The zero-order valence-corrected chi connectivity index (χ0v) is 28.0. The molecule has 0 saturated heterocycles. The van der Waals surface area contributed by atoms with Crippen LogP contribution in [0.25, 0.3) is 0 Å². The van der Waals surface area contributed by atoms with Crippen molar-refractivity contribution < 1.29 is 23.1 Å². The second-order valence-corrected chi connectivity index (χ2v) is 15.7. The lowest BCUT2D eigenvalue weighted by molar-refractivity contribution is 0.0455. The number of anilines is 1. The fourth-order valence-corrected chi connectivity index (χ4v) is 9.14. The predicted molar refractivity (Wildman–Crippen MR) is 177 cm³/mol. The monoisotopic (exact) mass is 656 g/mol. The number of nitrogens with one attached hydrogen (secondary N) is 1. The standard InChI is InChI=1S/C34H45ClN4O5S/c1-23-6-4-8-31(40)28-12-9-26(28)20-38-21-34(15-5-7-24-18-27(35)11-13-29(24)34)22-44-32-14-10-25(19-30(32)38)33(41)36-45(42,43)39(23)17-16-37(2)3/h4,8,10-11,13-14,18-19,23,26,28,31,40H,5-7,9,12,15-17,20-22H2,1-3H3,(H,36,41)/b8-4-/t23-,26-,28+,31-,34-/m0/s1. The van der Waals surface area contributed by atoms with E-state index in [1.165, 1.54) is 15.4 Å². The van der Waals surface area contributed by atoms with Gasteiger partial charge in [0.2, 0.25) is 0 Å². The van der Waals surface area contributed by atoms with E-state index < -0.39 is 28.3 Å². The van der Waals surface area contributed by atoms with Gasteiger partial charge in [-0.05, 0) is 113 Å². The average Bonchev–Trinajstić information content (AvgIpc) is 3.11. The maximum Gasteiger partial charge on any atom is 0.304 e. The van der Waals surface area contributed by atoms with Crippen LogP contribution in [0.4, 0.5) is 5.69 Å². The van der Waals surface area contributed by atoms with Crippen molar-refractivity contribution in [3.8, 4) is 5.75 Å². The van der Waals surface area contributed by atoms with Gasteiger partial charge in [0.05, 0.1) is 18.4 Å². The number of nitrogens with zero attached hydrogens (tertiary/aromatic N) is 3. The Bertz CT molecular complexity index is 1570. The number of likely N-dealkylation sites (N-methyl/N-ethyl adjacent to an activating group) is 1. The smallest absolute Gasteiger partial charge is 0.304 e. The van der Waals surface area contributed by atoms with Crippen molar-refractivity contribution >= 4 is 33.4 Å². The summed E-state index contributed by atoms with van der Waals surface area (Å²) < 4.78 is 37.5. The van der Waals surface area contributed by atoms with E-state index in [2.05, 4.69) is 21.8 Å². The predicted octanol–water partition coefficient (Wildman–Crippen LogP) is 4.39. The number of hydrogen-bond donors (Lipinski definition) is 2. The molecular formula is C34H45ClN4O5S. The van der Waals surface area contributed by atoms with E-state index in [1.807, 2.05) is 44.1 Å². The van der Waals surface area contributed by atoms with Crippen LogP contribution in [0.3, 0.4) is 0 Å². The van der Waals surface area contributed by atoms with Gasteiger partial charge in [0.15, 0.2) is 0 Å². The van der Waals surface area contributed by atoms with Crippen molar-refractivity contribution in [1.82, 2.24) is 13.9 Å². The summed E-state index contributed by atoms with van der Waals surface area (Å²) in [6.07, 6.45) is 8.40. The SMILES string of the molecule is C[C@H]1C/C=C\[C@H](O)[C@@H]2CC[C@H]2CN2C[C@@]3(CCCc4cc(Cl)ccc43)COc3ccc(cc32)C(=O)NS(=O)(=O)N1CCN(C)C. The minimum atomic E-state index is -4.16. The van der Waals surface area contributed by atoms with Gasteiger partial charge in [-0.1, -0.05) is 29.8 Å².